The fraction of sp³-hybridized carbons (Fsp3) is 0.286. The first-order chi connectivity index (χ1) is 14.0. The van der Waals surface area contributed by atoms with Crippen molar-refractivity contribution in [2.45, 2.75) is 25.9 Å². The average Bonchev–Trinajstić information content (AvgIpc) is 3.11. The number of nitrogens with zero attached hydrogens (tertiary/aromatic N) is 1. The Kier molecular flexibility index (Phi) is 6.78. The Hall–Kier alpha value is -3.42. The highest BCUT2D eigenvalue weighted by molar-refractivity contribution is 5.94. The number of amides is 4. The van der Waals surface area contributed by atoms with Crippen molar-refractivity contribution < 1.29 is 18.8 Å². The van der Waals surface area contributed by atoms with Gasteiger partial charge in [0.2, 0.25) is 11.8 Å². The summed E-state index contributed by atoms with van der Waals surface area (Å²) in [7, 11) is 0. The number of likely N-dealkylation sites (tertiary alicyclic amines) is 1. The van der Waals surface area contributed by atoms with Crippen LogP contribution < -0.4 is 16.0 Å². The van der Waals surface area contributed by atoms with Gasteiger partial charge in [0.25, 0.3) is 0 Å². The number of anilines is 1. The molecule has 1 aliphatic heterocycles. The molecule has 0 radical (unpaired) electrons. The summed E-state index contributed by atoms with van der Waals surface area (Å²) in [6, 6.07) is 12.6. The first-order valence-electron chi connectivity index (χ1n) is 9.42. The zero-order valence-corrected chi connectivity index (χ0v) is 15.9. The van der Waals surface area contributed by atoms with Crippen LogP contribution in [0, 0.1) is 5.82 Å². The van der Waals surface area contributed by atoms with E-state index in [0.717, 1.165) is 24.1 Å². The number of hydrogen-bond donors (Lipinski definition) is 3. The smallest absolute Gasteiger partial charge is 0.315 e. The molecule has 0 saturated carbocycles. The first-order valence-corrected chi connectivity index (χ1v) is 9.42. The molecule has 7 nitrogen and oxygen atoms in total. The van der Waals surface area contributed by atoms with Crippen molar-refractivity contribution in [2.24, 2.45) is 0 Å². The van der Waals surface area contributed by atoms with Crippen molar-refractivity contribution in [2.75, 3.05) is 18.4 Å². The van der Waals surface area contributed by atoms with Crippen LogP contribution >= 0.6 is 0 Å². The van der Waals surface area contributed by atoms with Gasteiger partial charge in [-0.05, 0) is 41.8 Å². The lowest BCUT2D eigenvalue weighted by molar-refractivity contribution is -0.128. The zero-order valence-electron chi connectivity index (χ0n) is 15.9. The second-order valence-electron chi connectivity index (χ2n) is 6.83. The Labute approximate surface area is 168 Å². The number of carbonyl (C=O) groups excluding carboxylic acids is 3. The molecular weight excluding hydrogens is 375 g/mol. The van der Waals surface area contributed by atoms with Gasteiger partial charge in [0.1, 0.15) is 5.82 Å². The van der Waals surface area contributed by atoms with Crippen LogP contribution in [0.4, 0.5) is 14.9 Å². The van der Waals surface area contributed by atoms with Gasteiger partial charge >= 0.3 is 6.03 Å². The van der Waals surface area contributed by atoms with E-state index in [0.29, 0.717) is 18.7 Å². The standard InChI is InChI=1S/C21H23FN4O3/c22-17-8-6-15(7-9-17)12-23-21(29)24-13-19(27)25-18-4-1-3-16(11-18)14-26-10-2-5-20(26)28/h1,3-4,6-9,11H,2,5,10,12-14H2,(H,25,27)(H2,23,24,29). The lowest BCUT2D eigenvalue weighted by atomic mass is 10.2. The van der Waals surface area contributed by atoms with Crippen molar-refractivity contribution in [3.8, 4) is 0 Å². The molecule has 152 valence electrons. The monoisotopic (exact) mass is 398 g/mol. The van der Waals surface area contributed by atoms with Crippen LogP contribution in [0.15, 0.2) is 48.5 Å². The average molecular weight is 398 g/mol. The van der Waals surface area contributed by atoms with Crippen LogP contribution in [0.3, 0.4) is 0 Å². The van der Waals surface area contributed by atoms with Gasteiger partial charge in [-0.3, -0.25) is 9.59 Å². The third kappa shape index (κ3) is 6.31. The van der Waals surface area contributed by atoms with Gasteiger partial charge in [-0.2, -0.15) is 0 Å². The van der Waals surface area contributed by atoms with Gasteiger partial charge in [0.05, 0.1) is 6.54 Å². The quantitative estimate of drug-likeness (QED) is 0.669. The number of urea groups is 1. The van der Waals surface area contributed by atoms with Crippen LogP contribution in [0.5, 0.6) is 0 Å². The van der Waals surface area contributed by atoms with Crippen LogP contribution in [-0.2, 0) is 22.7 Å². The predicted molar refractivity (Wildman–Crippen MR) is 106 cm³/mol. The molecule has 8 heteroatoms. The van der Waals surface area contributed by atoms with E-state index in [-0.39, 0.29) is 30.7 Å². The summed E-state index contributed by atoms with van der Waals surface area (Å²) in [5, 5.41) is 7.80. The van der Waals surface area contributed by atoms with E-state index in [2.05, 4.69) is 16.0 Å². The van der Waals surface area contributed by atoms with E-state index in [9.17, 15) is 18.8 Å². The normalized spacial score (nSPS) is 13.3. The molecule has 29 heavy (non-hydrogen) atoms. The topological polar surface area (TPSA) is 90.5 Å². The molecule has 0 atom stereocenters. The summed E-state index contributed by atoms with van der Waals surface area (Å²) < 4.78 is 12.9. The molecule has 3 rings (SSSR count). The van der Waals surface area contributed by atoms with E-state index in [1.807, 2.05) is 18.2 Å². The second kappa shape index (κ2) is 9.68. The van der Waals surface area contributed by atoms with Gasteiger partial charge in [0.15, 0.2) is 0 Å². The van der Waals surface area contributed by atoms with Gasteiger partial charge in [-0.1, -0.05) is 24.3 Å². The minimum absolute atomic E-state index is 0.148. The predicted octanol–water partition coefficient (Wildman–Crippen LogP) is 2.39. The van der Waals surface area contributed by atoms with Gasteiger partial charge in [-0.25, -0.2) is 9.18 Å². The Balaban J connectivity index is 1.41. The third-order valence-corrected chi connectivity index (χ3v) is 4.53. The van der Waals surface area contributed by atoms with Crippen molar-refractivity contribution in [3.05, 3.63) is 65.5 Å². The highest BCUT2D eigenvalue weighted by Gasteiger charge is 2.20. The Bertz CT molecular complexity index is 886. The minimum Gasteiger partial charge on any atom is -0.338 e. The molecular formula is C21H23FN4O3. The van der Waals surface area contributed by atoms with Gasteiger partial charge in [0, 0.05) is 31.7 Å². The van der Waals surface area contributed by atoms with Crippen LogP contribution in [0.2, 0.25) is 0 Å². The van der Waals surface area contributed by atoms with Crippen molar-refractivity contribution in [1.29, 1.82) is 0 Å². The highest BCUT2D eigenvalue weighted by Crippen LogP contribution is 2.17. The van der Waals surface area contributed by atoms with Crippen LogP contribution in [-0.4, -0.2) is 35.8 Å². The van der Waals surface area contributed by atoms with E-state index in [1.54, 1.807) is 23.1 Å². The third-order valence-electron chi connectivity index (χ3n) is 4.53. The Morgan fingerprint density at radius 2 is 1.83 bits per heavy atom. The maximum absolute atomic E-state index is 12.9. The summed E-state index contributed by atoms with van der Waals surface area (Å²) in [4.78, 5) is 37.4. The summed E-state index contributed by atoms with van der Waals surface area (Å²) in [6.07, 6.45) is 1.47. The van der Waals surface area contributed by atoms with Gasteiger partial charge < -0.3 is 20.9 Å². The molecule has 1 saturated heterocycles. The summed E-state index contributed by atoms with van der Waals surface area (Å²) >= 11 is 0. The number of rotatable bonds is 7. The minimum atomic E-state index is -0.495. The van der Waals surface area contributed by atoms with Crippen molar-refractivity contribution in [1.82, 2.24) is 15.5 Å². The molecule has 2 aromatic carbocycles. The van der Waals surface area contributed by atoms with Crippen molar-refractivity contribution in [3.63, 3.8) is 0 Å². The fourth-order valence-electron chi connectivity index (χ4n) is 3.05. The molecule has 1 fully saturated rings. The largest absolute Gasteiger partial charge is 0.338 e. The SMILES string of the molecule is O=C(CNC(=O)NCc1ccc(F)cc1)Nc1cccc(CN2CCCC2=O)c1. The lowest BCUT2D eigenvalue weighted by Crippen LogP contribution is -2.39. The molecule has 0 spiro atoms. The summed E-state index contributed by atoms with van der Waals surface area (Å²) in [6.45, 7) is 1.31. The summed E-state index contributed by atoms with van der Waals surface area (Å²) in [5.41, 5.74) is 2.29. The molecule has 3 N–H and O–H groups in total. The molecule has 1 aliphatic rings. The summed E-state index contributed by atoms with van der Waals surface area (Å²) in [5.74, 6) is -0.558. The van der Waals surface area contributed by atoms with Crippen molar-refractivity contribution >= 4 is 23.5 Å². The van der Waals surface area contributed by atoms with E-state index >= 15 is 0 Å². The lowest BCUT2D eigenvalue weighted by Gasteiger charge is -2.16. The molecule has 0 unspecified atom stereocenters. The van der Waals surface area contributed by atoms with Crippen LogP contribution in [0.25, 0.3) is 0 Å². The second-order valence-corrected chi connectivity index (χ2v) is 6.83. The van der Waals surface area contributed by atoms with Crippen LogP contribution in [0.1, 0.15) is 24.0 Å². The molecule has 2 aromatic rings. The molecule has 0 aromatic heterocycles. The van der Waals surface area contributed by atoms with E-state index in [4.69, 9.17) is 0 Å². The molecule has 1 heterocycles. The maximum atomic E-state index is 12.9. The van der Waals surface area contributed by atoms with E-state index in [1.165, 1.54) is 12.1 Å². The number of hydrogen-bond acceptors (Lipinski definition) is 3. The maximum Gasteiger partial charge on any atom is 0.315 e. The Morgan fingerprint density at radius 3 is 2.55 bits per heavy atom. The fourth-order valence-corrected chi connectivity index (χ4v) is 3.05. The van der Waals surface area contributed by atoms with E-state index < -0.39 is 6.03 Å². The first kappa shape index (κ1) is 20.3. The van der Waals surface area contributed by atoms with Gasteiger partial charge in [-0.15, -0.1) is 0 Å². The Morgan fingerprint density at radius 1 is 1.03 bits per heavy atom. The zero-order chi connectivity index (χ0) is 20.6. The number of nitrogens with one attached hydrogen (secondary N) is 3. The number of carbonyl (C=O) groups is 3. The number of benzene rings is 2. The highest BCUT2D eigenvalue weighted by atomic mass is 19.1. The molecule has 4 amide bonds. The number of halogens is 1. The molecule has 0 aliphatic carbocycles. The molecule has 0 bridgehead atoms.